The summed E-state index contributed by atoms with van der Waals surface area (Å²) in [6.07, 6.45) is 2.02. The predicted molar refractivity (Wildman–Crippen MR) is 64.5 cm³/mol. The second-order valence-corrected chi connectivity index (χ2v) is 4.92. The average molecular weight is 231 g/mol. The van der Waals surface area contributed by atoms with Crippen LogP contribution in [-0.4, -0.2) is 29.6 Å². The molecule has 17 heavy (non-hydrogen) atoms. The molecule has 2 saturated heterocycles. The lowest BCUT2D eigenvalue weighted by Crippen LogP contribution is -2.43. The van der Waals surface area contributed by atoms with E-state index in [9.17, 15) is 4.79 Å². The second-order valence-electron chi connectivity index (χ2n) is 4.92. The smallest absolute Gasteiger partial charge is 0.323 e. The zero-order valence-corrected chi connectivity index (χ0v) is 10.0. The molecule has 2 aliphatic heterocycles. The summed E-state index contributed by atoms with van der Waals surface area (Å²) in [5.74, 6) is -0.0321. The van der Waals surface area contributed by atoms with E-state index in [1.54, 1.807) is 0 Å². The van der Waals surface area contributed by atoms with Crippen molar-refractivity contribution in [3.8, 4) is 0 Å². The van der Waals surface area contributed by atoms with Gasteiger partial charge in [0.15, 0.2) is 0 Å². The Kier molecular flexibility index (Phi) is 2.63. The quantitative estimate of drug-likeness (QED) is 0.730. The van der Waals surface area contributed by atoms with Gasteiger partial charge in [0.1, 0.15) is 12.1 Å². The van der Waals surface area contributed by atoms with Crippen molar-refractivity contribution in [3.05, 3.63) is 35.9 Å². The van der Waals surface area contributed by atoms with Gasteiger partial charge in [-0.2, -0.15) is 0 Å². The number of benzene rings is 1. The first-order valence-corrected chi connectivity index (χ1v) is 6.27. The van der Waals surface area contributed by atoms with Crippen molar-refractivity contribution in [2.75, 3.05) is 6.54 Å². The summed E-state index contributed by atoms with van der Waals surface area (Å²) in [7, 11) is 0. The lowest BCUT2D eigenvalue weighted by Gasteiger charge is -2.34. The van der Waals surface area contributed by atoms with Crippen LogP contribution in [0.3, 0.4) is 0 Å². The Balaban J connectivity index is 1.82. The molecular formula is C14H17NO2. The molecule has 3 heteroatoms. The van der Waals surface area contributed by atoms with Crippen LogP contribution < -0.4 is 0 Å². The zero-order valence-electron chi connectivity index (χ0n) is 10.0. The Morgan fingerprint density at radius 3 is 2.88 bits per heavy atom. The second kappa shape index (κ2) is 4.15. The van der Waals surface area contributed by atoms with Gasteiger partial charge in [0.05, 0.1) is 0 Å². The van der Waals surface area contributed by atoms with Crippen molar-refractivity contribution in [3.63, 3.8) is 0 Å². The third-order valence-electron chi connectivity index (χ3n) is 3.93. The van der Waals surface area contributed by atoms with E-state index < -0.39 is 0 Å². The van der Waals surface area contributed by atoms with Gasteiger partial charge < -0.3 is 4.74 Å². The van der Waals surface area contributed by atoms with Crippen LogP contribution in [0.2, 0.25) is 0 Å². The molecule has 0 radical (unpaired) electrons. The predicted octanol–water partition coefficient (Wildman–Crippen LogP) is 2.14. The molecule has 0 aliphatic carbocycles. The van der Waals surface area contributed by atoms with Gasteiger partial charge in [0.2, 0.25) is 0 Å². The van der Waals surface area contributed by atoms with Crippen molar-refractivity contribution >= 4 is 5.97 Å². The van der Waals surface area contributed by atoms with E-state index in [1.807, 2.05) is 18.2 Å². The number of piperidine rings is 1. The van der Waals surface area contributed by atoms with E-state index in [4.69, 9.17) is 4.74 Å². The number of hydrogen-bond donors (Lipinski definition) is 0. The third kappa shape index (κ3) is 1.84. The maximum Gasteiger partial charge on any atom is 0.323 e. The van der Waals surface area contributed by atoms with Crippen molar-refractivity contribution in [2.24, 2.45) is 0 Å². The molecule has 3 rings (SSSR count). The van der Waals surface area contributed by atoms with Crippen molar-refractivity contribution < 1.29 is 9.53 Å². The molecule has 90 valence electrons. The van der Waals surface area contributed by atoms with Crippen LogP contribution in [0.25, 0.3) is 0 Å². The minimum Gasteiger partial charge on any atom is -0.461 e. The molecule has 3 nitrogen and oxygen atoms in total. The molecule has 3 atom stereocenters. The number of nitrogens with zero attached hydrogens (tertiary/aromatic N) is 1. The first-order valence-electron chi connectivity index (χ1n) is 6.27. The van der Waals surface area contributed by atoms with Crippen LogP contribution in [0.1, 0.15) is 31.4 Å². The van der Waals surface area contributed by atoms with E-state index >= 15 is 0 Å². The SMILES string of the molecule is C[C@H](c1ccccc1)N1CC[C@@H]2C[C@H]1C(=O)O2. The lowest BCUT2D eigenvalue weighted by atomic mass is 9.98. The molecule has 2 aliphatic rings. The van der Waals surface area contributed by atoms with Crippen molar-refractivity contribution in [1.82, 2.24) is 4.90 Å². The van der Waals surface area contributed by atoms with E-state index in [0.29, 0.717) is 0 Å². The summed E-state index contributed by atoms with van der Waals surface area (Å²) < 4.78 is 5.32. The fourth-order valence-electron chi connectivity index (χ4n) is 2.92. The van der Waals surface area contributed by atoms with E-state index in [-0.39, 0.29) is 24.2 Å². The molecule has 2 bridgehead atoms. The summed E-state index contributed by atoms with van der Waals surface area (Å²) in [5, 5.41) is 0. The number of ether oxygens (including phenoxy) is 1. The Labute approximate surface area is 101 Å². The molecule has 2 heterocycles. The van der Waals surface area contributed by atoms with Crippen molar-refractivity contribution in [1.29, 1.82) is 0 Å². The molecule has 2 fully saturated rings. The average Bonchev–Trinajstić information content (AvgIpc) is 2.66. The molecule has 0 N–H and O–H groups in total. The summed E-state index contributed by atoms with van der Waals surface area (Å²) >= 11 is 0. The number of fused-ring (bicyclic) bond motifs is 2. The summed E-state index contributed by atoms with van der Waals surface area (Å²) in [5.41, 5.74) is 1.27. The van der Waals surface area contributed by atoms with Gasteiger partial charge in [0, 0.05) is 19.0 Å². The Morgan fingerprint density at radius 2 is 2.12 bits per heavy atom. The minimum absolute atomic E-state index is 0.0241. The molecule has 0 amide bonds. The Bertz CT molecular complexity index is 417. The largest absolute Gasteiger partial charge is 0.461 e. The summed E-state index contributed by atoms with van der Waals surface area (Å²) in [6, 6.07) is 10.6. The fraction of sp³-hybridized carbons (Fsp3) is 0.500. The van der Waals surface area contributed by atoms with Gasteiger partial charge in [-0.25, -0.2) is 0 Å². The highest BCUT2D eigenvalue weighted by Crippen LogP contribution is 2.34. The van der Waals surface area contributed by atoms with Crippen LogP contribution in [0.15, 0.2) is 30.3 Å². The van der Waals surface area contributed by atoms with Gasteiger partial charge in [-0.05, 0) is 18.9 Å². The van der Waals surface area contributed by atoms with Crippen LogP contribution in [0.4, 0.5) is 0 Å². The van der Waals surface area contributed by atoms with Gasteiger partial charge in [0.25, 0.3) is 0 Å². The topological polar surface area (TPSA) is 29.5 Å². The highest BCUT2D eigenvalue weighted by atomic mass is 16.6. The molecule has 1 aromatic carbocycles. The molecule has 1 aromatic rings. The monoisotopic (exact) mass is 231 g/mol. The van der Waals surface area contributed by atoms with E-state index in [0.717, 1.165) is 19.4 Å². The highest BCUT2D eigenvalue weighted by molar-refractivity contribution is 5.78. The maximum absolute atomic E-state index is 11.7. The Hall–Kier alpha value is -1.35. The van der Waals surface area contributed by atoms with Crippen molar-refractivity contribution in [2.45, 2.75) is 38.0 Å². The van der Waals surface area contributed by atoms with Crippen LogP contribution in [-0.2, 0) is 9.53 Å². The van der Waals surface area contributed by atoms with Gasteiger partial charge >= 0.3 is 5.97 Å². The first-order chi connectivity index (χ1) is 8.25. The van der Waals surface area contributed by atoms with Crippen LogP contribution in [0.5, 0.6) is 0 Å². The number of esters is 1. The molecule has 0 unspecified atom stereocenters. The molecule has 0 spiro atoms. The highest BCUT2D eigenvalue weighted by Gasteiger charge is 2.44. The number of hydrogen-bond acceptors (Lipinski definition) is 3. The molecule has 0 aromatic heterocycles. The lowest BCUT2D eigenvalue weighted by molar-refractivity contribution is -0.143. The van der Waals surface area contributed by atoms with Gasteiger partial charge in [-0.15, -0.1) is 0 Å². The van der Waals surface area contributed by atoms with Crippen LogP contribution >= 0.6 is 0 Å². The van der Waals surface area contributed by atoms with E-state index in [2.05, 4.69) is 24.0 Å². The Morgan fingerprint density at radius 1 is 1.35 bits per heavy atom. The summed E-state index contributed by atoms with van der Waals surface area (Å²) in [4.78, 5) is 14.0. The standard InChI is InChI=1S/C14H17NO2/c1-10(11-5-3-2-4-6-11)15-8-7-12-9-13(15)14(16)17-12/h2-6,10,12-13H,7-9H2,1H3/t10-,12-,13+/m1/s1. The summed E-state index contributed by atoms with van der Waals surface area (Å²) in [6.45, 7) is 3.12. The number of rotatable bonds is 2. The number of likely N-dealkylation sites (tertiary alicyclic amines) is 1. The minimum atomic E-state index is -0.0321. The first kappa shape index (κ1) is 10.8. The van der Waals surface area contributed by atoms with Gasteiger partial charge in [-0.3, -0.25) is 9.69 Å². The normalized spacial score (nSPS) is 30.1. The van der Waals surface area contributed by atoms with Gasteiger partial charge in [-0.1, -0.05) is 30.3 Å². The third-order valence-corrected chi connectivity index (χ3v) is 3.93. The number of carbonyl (C=O) groups is 1. The molecular weight excluding hydrogens is 214 g/mol. The van der Waals surface area contributed by atoms with Crippen LogP contribution in [0, 0.1) is 0 Å². The van der Waals surface area contributed by atoms with E-state index in [1.165, 1.54) is 5.56 Å². The zero-order chi connectivity index (χ0) is 11.8. The maximum atomic E-state index is 11.7. The molecule has 0 saturated carbocycles. The fourth-order valence-corrected chi connectivity index (χ4v) is 2.92. The number of carbonyl (C=O) groups excluding carboxylic acids is 1.